The summed E-state index contributed by atoms with van der Waals surface area (Å²) < 4.78 is 5.73. The molecule has 0 bridgehead atoms. The van der Waals surface area contributed by atoms with Gasteiger partial charge in [-0.25, -0.2) is 14.8 Å². The Labute approximate surface area is 181 Å². The van der Waals surface area contributed by atoms with Crippen molar-refractivity contribution in [2.24, 2.45) is 5.16 Å². The number of nitrogen functional groups attached to an aromatic ring is 1. The number of ether oxygens (including phenoxy) is 1. The molecule has 154 valence electrons. The van der Waals surface area contributed by atoms with Gasteiger partial charge in [0.25, 0.3) is 0 Å². The van der Waals surface area contributed by atoms with Crippen LogP contribution in [0.25, 0.3) is 0 Å². The van der Waals surface area contributed by atoms with Gasteiger partial charge in [-0.2, -0.15) is 0 Å². The molecule has 0 saturated heterocycles. The van der Waals surface area contributed by atoms with Gasteiger partial charge < -0.3 is 25.9 Å². The summed E-state index contributed by atoms with van der Waals surface area (Å²) in [4.78, 5) is 24.8. The first-order valence-electron chi connectivity index (χ1n) is 8.44. The fourth-order valence-electron chi connectivity index (χ4n) is 2.32. The molecule has 0 aliphatic carbocycles. The van der Waals surface area contributed by atoms with Crippen molar-refractivity contribution in [3.8, 4) is 11.6 Å². The molecule has 3 rings (SSSR count). The SMILES string of the molecule is CON=Cc1c(N)ncnc1Oc1ccc(NC(=O)Nc2cccc(Cl)c2)c(Cl)c1. The van der Waals surface area contributed by atoms with Crippen molar-refractivity contribution in [3.05, 3.63) is 64.4 Å². The van der Waals surface area contributed by atoms with Crippen LogP contribution in [0.1, 0.15) is 5.56 Å². The van der Waals surface area contributed by atoms with Crippen LogP contribution in [0, 0.1) is 0 Å². The maximum absolute atomic E-state index is 12.2. The van der Waals surface area contributed by atoms with E-state index in [1.54, 1.807) is 36.4 Å². The zero-order valence-electron chi connectivity index (χ0n) is 15.6. The summed E-state index contributed by atoms with van der Waals surface area (Å²) in [5.74, 6) is 0.701. The molecule has 4 N–H and O–H groups in total. The molecule has 0 saturated carbocycles. The highest BCUT2D eigenvalue weighted by Gasteiger charge is 2.12. The van der Waals surface area contributed by atoms with Gasteiger partial charge in [-0.15, -0.1) is 0 Å². The number of benzene rings is 2. The van der Waals surface area contributed by atoms with E-state index in [1.807, 2.05) is 0 Å². The second kappa shape index (κ2) is 9.77. The van der Waals surface area contributed by atoms with Crippen LogP contribution in [-0.4, -0.2) is 29.3 Å². The molecule has 1 aromatic heterocycles. The molecule has 30 heavy (non-hydrogen) atoms. The monoisotopic (exact) mass is 446 g/mol. The molecular formula is C19H16Cl2N6O3. The van der Waals surface area contributed by atoms with Gasteiger partial charge in [0.05, 0.1) is 16.9 Å². The quantitative estimate of drug-likeness (QED) is 0.369. The second-order valence-electron chi connectivity index (χ2n) is 5.73. The maximum atomic E-state index is 12.2. The number of hydrogen-bond acceptors (Lipinski definition) is 7. The molecule has 0 atom stereocenters. The number of urea groups is 1. The minimum atomic E-state index is -0.477. The van der Waals surface area contributed by atoms with Crippen molar-refractivity contribution in [1.82, 2.24) is 9.97 Å². The number of carbonyl (C=O) groups is 1. The third-order valence-electron chi connectivity index (χ3n) is 3.65. The number of nitrogens with one attached hydrogen (secondary N) is 2. The fourth-order valence-corrected chi connectivity index (χ4v) is 2.73. The highest BCUT2D eigenvalue weighted by atomic mass is 35.5. The number of amides is 2. The van der Waals surface area contributed by atoms with E-state index in [0.717, 1.165) is 0 Å². The Kier molecular flexibility index (Phi) is 6.89. The van der Waals surface area contributed by atoms with E-state index in [2.05, 4.69) is 30.6 Å². The van der Waals surface area contributed by atoms with Crippen LogP contribution in [0.15, 0.2) is 53.9 Å². The Balaban J connectivity index is 1.72. The number of nitrogens with two attached hydrogens (primary N) is 1. The van der Waals surface area contributed by atoms with Crippen LogP contribution >= 0.6 is 23.2 Å². The standard InChI is InChI=1S/C19H16Cl2N6O3/c1-29-25-9-14-17(22)23-10-24-18(14)30-13-5-6-16(15(21)8-13)27-19(28)26-12-4-2-3-11(20)7-12/h2-10H,1H3,(H2,22,23,24)(H2,26,27,28). The van der Waals surface area contributed by atoms with Gasteiger partial charge in [0, 0.05) is 16.8 Å². The Morgan fingerprint density at radius 1 is 1.17 bits per heavy atom. The predicted octanol–water partition coefficient (Wildman–Crippen LogP) is 4.78. The molecule has 11 heteroatoms. The number of anilines is 3. The zero-order chi connectivity index (χ0) is 21.5. The fraction of sp³-hybridized carbons (Fsp3) is 0.0526. The number of carbonyl (C=O) groups excluding carboxylic acids is 1. The number of nitrogens with zero attached hydrogens (tertiary/aromatic N) is 3. The summed E-state index contributed by atoms with van der Waals surface area (Å²) in [6.07, 6.45) is 2.59. The summed E-state index contributed by atoms with van der Waals surface area (Å²) in [5.41, 5.74) is 7.10. The third kappa shape index (κ3) is 5.49. The lowest BCUT2D eigenvalue weighted by atomic mass is 10.3. The number of rotatable bonds is 6. The van der Waals surface area contributed by atoms with Crippen molar-refractivity contribution in [2.75, 3.05) is 23.5 Å². The number of hydrogen-bond donors (Lipinski definition) is 3. The summed E-state index contributed by atoms with van der Waals surface area (Å²) in [7, 11) is 1.39. The van der Waals surface area contributed by atoms with Crippen molar-refractivity contribution in [2.45, 2.75) is 0 Å². The van der Waals surface area contributed by atoms with E-state index < -0.39 is 6.03 Å². The van der Waals surface area contributed by atoms with Gasteiger partial charge in [-0.1, -0.05) is 34.4 Å². The lowest BCUT2D eigenvalue weighted by Gasteiger charge is -2.12. The van der Waals surface area contributed by atoms with Gasteiger partial charge in [0.1, 0.15) is 30.6 Å². The molecule has 9 nitrogen and oxygen atoms in total. The van der Waals surface area contributed by atoms with Crippen LogP contribution in [0.4, 0.5) is 22.0 Å². The van der Waals surface area contributed by atoms with Crippen molar-refractivity contribution in [1.29, 1.82) is 0 Å². The van der Waals surface area contributed by atoms with E-state index in [-0.39, 0.29) is 16.7 Å². The Hall–Kier alpha value is -3.56. The van der Waals surface area contributed by atoms with Crippen molar-refractivity contribution in [3.63, 3.8) is 0 Å². The molecule has 1 heterocycles. The molecule has 0 fully saturated rings. The molecule has 2 aromatic carbocycles. The highest BCUT2D eigenvalue weighted by Crippen LogP contribution is 2.31. The van der Waals surface area contributed by atoms with Gasteiger partial charge in [0.2, 0.25) is 5.88 Å². The minimum Gasteiger partial charge on any atom is -0.438 e. The van der Waals surface area contributed by atoms with Crippen LogP contribution < -0.4 is 21.1 Å². The number of aromatic nitrogens is 2. The zero-order valence-corrected chi connectivity index (χ0v) is 17.1. The first-order valence-corrected chi connectivity index (χ1v) is 9.20. The normalized spacial score (nSPS) is 10.6. The van der Waals surface area contributed by atoms with Gasteiger partial charge in [-0.05, 0) is 30.3 Å². The summed E-state index contributed by atoms with van der Waals surface area (Å²) in [5, 5.41) is 9.73. The number of oxime groups is 1. The van der Waals surface area contributed by atoms with E-state index in [4.69, 9.17) is 33.7 Å². The van der Waals surface area contributed by atoms with Crippen molar-refractivity contribution >= 4 is 52.6 Å². The number of halogens is 2. The Morgan fingerprint density at radius 3 is 2.73 bits per heavy atom. The molecule has 0 unspecified atom stereocenters. The average Bonchev–Trinajstić information content (AvgIpc) is 2.70. The topological polar surface area (TPSA) is 124 Å². The van der Waals surface area contributed by atoms with Crippen LogP contribution in [0.3, 0.4) is 0 Å². The first kappa shape index (κ1) is 21.2. The van der Waals surface area contributed by atoms with Gasteiger partial charge in [-0.3, -0.25) is 0 Å². The molecule has 0 aliphatic heterocycles. The summed E-state index contributed by atoms with van der Waals surface area (Å²) >= 11 is 12.2. The molecule has 0 spiro atoms. The van der Waals surface area contributed by atoms with E-state index in [0.29, 0.717) is 27.7 Å². The molecular weight excluding hydrogens is 431 g/mol. The first-order chi connectivity index (χ1) is 14.5. The molecule has 0 radical (unpaired) electrons. The highest BCUT2D eigenvalue weighted by molar-refractivity contribution is 6.34. The third-order valence-corrected chi connectivity index (χ3v) is 4.20. The average molecular weight is 447 g/mol. The Morgan fingerprint density at radius 2 is 2.00 bits per heavy atom. The Bertz CT molecular complexity index is 1090. The van der Waals surface area contributed by atoms with Crippen LogP contribution in [0.2, 0.25) is 10.0 Å². The van der Waals surface area contributed by atoms with Crippen LogP contribution in [-0.2, 0) is 4.84 Å². The van der Waals surface area contributed by atoms with E-state index in [1.165, 1.54) is 25.7 Å². The molecule has 3 aromatic rings. The molecule has 0 aliphatic rings. The second-order valence-corrected chi connectivity index (χ2v) is 6.57. The summed E-state index contributed by atoms with van der Waals surface area (Å²) in [6, 6.07) is 11.0. The lowest BCUT2D eigenvalue weighted by molar-refractivity contribution is 0.215. The van der Waals surface area contributed by atoms with Crippen LogP contribution in [0.5, 0.6) is 11.6 Å². The van der Waals surface area contributed by atoms with E-state index >= 15 is 0 Å². The largest absolute Gasteiger partial charge is 0.438 e. The minimum absolute atomic E-state index is 0.166. The van der Waals surface area contributed by atoms with Gasteiger partial charge in [0.15, 0.2) is 0 Å². The predicted molar refractivity (Wildman–Crippen MR) is 117 cm³/mol. The van der Waals surface area contributed by atoms with E-state index in [9.17, 15) is 4.79 Å². The maximum Gasteiger partial charge on any atom is 0.323 e. The van der Waals surface area contributed by atoms with Crippen molar-refractivity contribution < 1.29 is 14.4 Å². The molecule has 2 amide bonds. The van der Waals surface area contributed by atoms with Gasteiger partial charge >= 0.3 is 6.03 Å². The smallest absolute Gasteiger partial charge is 0.323 e. The summed E-state index contributed by atoms with van der Waals surface area (Å²) in [6.45, 7) is 0. The lowest BCUT2D eigenvalue weighted by Crippen LogP contribution is -2.19.